The molecule has 0 heterocycles. The van der Waals surface area contributed by atoms with Crippen molar-refractivity contribution < 1.29 is 5.11 Å². The van der Waals surface area contributed by atoms with Gasteiger partial charge in [0.05, 0.1) is 18.7 Å². The molecule has 0 spiro atoms. The molecule has 0 saturated heterocycles. The summed E-state index contributed by atoms with van der Waals surface area (Å²) in [4.78, 5) is 4.44. The van der Waals surface area contributed by atoms with E-state index in [4.69, 9.17) is 10.8 Å². The van der Waals surface area contributed by atoms with Gasteiger partial charge in [-0.1, -0.05) is 26.2 Å². The average molecular weight is 213 g/mol. The zero-order chi connectivity index (χ0) is 11.1. The van der Waals surface area contributed by atoms with Crippen molar-refractivity contribution in [2.45, 2.75) is 57.5 Å². The van der Waals surface area contributed by atoms with Crippen LogP contribution in [0.2, 0.25) is 0 Å². The van der Waals surface area contributed by atoms with Crippen LogP contribution in [-0.4, -0.2) is 29.8 Å². The van der Waals surface area contributed by atoms with Crippen LogP contribution < -0.4 is 11.1 Å². The molecule has 0 bridgehead atoms. The molecule has 1 saturated carbocycles. The van der Waals surface area contributed by atoms with Crippen molar-refractivity contribution >= 4 is 5.96 Å². The van der Waals surface area contributed by atoms with Gasteiger partial charge in [0.25, 0.3) is 0 Å². The van der Waals surface area contributed by atoms with Gasteiger partial charge in [-0.05, 0) is 19.3 Å². The van der Waals surface area contributed by atoms with E-state index in [9.17, 15) is 0 Å². The quantitative estimate of drug-likeness (QED) is 0.482. The van der Waals surface area contributed by atoms with Gasteiger partial charge in [0.2, 0.25) is 0 Å². The smallest absolute Gasteiger partial charge is 0.189 e. The first kappa shape index (κ1) is 12.3. The van der Waals surface area contributed by atoms with Gasteiger partial charge in [-0.3, -0.25) is 4.99 Å². The van der Waals surface area contributed by atoms with Crippen LogP contribution >= 0.6 is 0 Å². The van der Waals surface area contributed by atoms with E-state index in [1.807, 2.05) is 6.92 Å². The molecule has 88 valence electrons. The van der Waals surface area contributed by atoms with E-state index >= 15 is 0 Å². The Bertz CT molecular complexity index is 196. The van der Waals surface area contributed by atoms with Crippen LogP contribution in [0, 0.1) is 0 Å². The van der Waals surface area contributed by atoms with Gasteiger partial charge < -0.3 is 16.2 Å². The first-order valence-corrected chi connectivity index (χ1v) is 5.97. The van der Waals surface area contributed by atoms with E-state index in [2.05, 4.69) is 10.3 Å². The fourth-order valence-corrected chi connectivity index (χ4v) is 1.93. The summed E-state index contributed by atoms with van der Waals surface area (Å²) < 4.78 is 0. The van der Waals surface area contributed by atoms with Crippen LogP contribution in [0.15, 0.2) is 4.99 Å². The molecule has 0 aromatic heterocycles. The highest BCUT2D eigenvalue weighted by atomic mass is 16.3. The molecular weight excluding hydrogens is 190 g/mol. The summed E-state index contributed by atoms with van der Waals surface area (Å²) in [6, 6.07) is 0.430. The van der Waals surface area contributed by atoms with Crippen LogP contribution in [-0.2, 0) is 0 Å². The molecule has 4 heteroatoms. The van der Waals surface area contributed by atoms with Crippen LogP contribution in [0.3, 0.4) is 0 Å². The van der Waals surface area contributed by atoms with Crippen molar-refractivity contribution in [3.8, 4) is 0 Å². The Morgan fingerprint density at radius 3 is 2.67 bits per heavy atom. The maximum Gasteiger partial charge on any atom is 0.189 e. The Labute approximate surface area is 92.0 Å². The molecule has 0 aromatic rings. The van der Waals surface area contributed by atoms with Gasteiger partial charge in [-0.15, -0.1) is 0 Å². The van der Waals surface area contributed by atoms with E-state index in [1.54, 1.807) is 0 Å². The lowest BCUT2D eigenvalue weighted by Crippen LogP contribution is -2.42. The van der Waals surface area contributed by atoms with Gasteiger partial charge in [0.15, 0.2) is 5.96 Å². The number of nitrogens with one attached hydrogen (secondary N) is 1. The fourth-order valence-electron chi connectivity index (χ4n) is 1.93. The predicted molar refractivity (Wildman–Crippen MR) is 62.8 cm³/mol. The molecule has 0 radical (unpaired) electrons. The number of aliphatic hydroxyl groups excluding tert-OH is 1. The lowest BCUT2D eigenvalue weighted by Gasteiger charge is -2.20. The molecule has 0 aromatic carbocycles. The molecule has 4 nitrogen and oxygen atoms in total. The summed E-state index contributed by atoms with van der Waals surface area (Å²) >= 11 is 0. The van der Waals surface area contributed by atoms with Crippen molar-refractivity contribution in [1.29, 1.82) is 0 Å². The number of nitrogens with zero attached hydrogens (tertiary/aromatic N) is 1. The third-order valence-corrected chi connectivity index (χ3v) is 2.96. The third kappa shape index (κ3) is 4.51. The highest BCUT2D eigenvalue weighted by Crippen LogP contribution is 2.19. The highest BCUT2D eigenvalue weighted by molar-refractivity contribution is 5.78. The van der Waals surface area contributed by atoms with Crippen LogP contribution in [0.4, 0.5) is 0 Å². The van der Waals surface area contributed by atoms with Gasteiger partial charge in [-0.2, -0.15) is 0 Å². The molecule has 4 N–H and O–H groups in total. The summed E-state index contributed by atoms with van der Waals surface area (Å²) in [5.41, 5.74) is 5.78. The Morgan fingerprint density at radius 2 is 2.13 bits per heavy atom. The van der Waals surface area contributed by atoms with Crippen molar-refractivity contribution in [2.24, 2.45) is 10.7 Å². The van der Waals surface area contributed by atoms with Crippen molar-refractivity contribution in [2.75, 3.05) is 6.61 Å². The third-order valence-electron chi connectivity index (χ3n) is 2.96. The second-order valence-corrected chi connectivity index (χ2v) is 4.24. The van der Waals surface area contributed by atoms with Crippen molar-refractivity contribution in [3.05, 3.63) is 0 Å². The molecule has 1 aliphatic rings. The first-order chi connectivity index (χ1) is 7.26. The van der Waals surface area contributed by atoms with Crippen LogP contribution in [0.1, 0.15) is 45.4 Å². The molecule has 0 aliphatic heterocycles. The summed E-state index contributed by atoms with van der Waals surface area (Å²) in [5, 5.41) is 12.0. The lowest BCUT2D eigenvalue weighted by molar-refractivity contribution is 0.252. The maximum atomic E-state index is 9.01. The first-order valence-electron chi connectivity index (χ1n) is 5.97. The largest absolute Gasteiger partial charge is 0.394 e. The standard InChI is InChI=1S/C11H23N3O/c1-2-9(8-15)13-11(12)14-10-6-4-3-5-7-10/h9-10,15H,2-8H2,1H3,(H3,12,13,14). The topological polar surface area (TPSA) is 70.6 Å². The lowest BCUT2D eigenvalue weighted by atomic mass is 9.96. The summed E-state index contributed by atoms with van der Waals surface area (Å²) in [5.74, 6) is 0.489. The van der Waals surface area contributed by atoms with Gasteiger partial charge in [-0.25, -0.2) is 0 Å². The molecule has 1 unspecified atom stereocenters. The minimum absolute atomic E-state index is 0.0392. The molecule has 0 amide bonds. The van der Waals surface area contributed by atoms with E-state index in [0.717, 1.165) is 19.3 Å². The molecular formula is C11H23N3O. The monoisotopic (exact) mass is 213 g/mol. The number of hydrogen-bond acceptors (Lipinski definition) is 2. The zero-order valence-electron chi connectivity index (χ0n) is 9.58. The van der Waals surface area contributed by atoms with Gasteiger partial charge in [0, 0.05) is 0 Å². The Morgan fingerprint density at radius 1 is 1.47 bits per heavy atom. The second-order valence-electron chi connectivity index (χ2n) is 4.24. The van der Waals surface area contributed by atoms with Crippen molar-refractivity contribution in [1.82, 2.24) is 5.32 Å². The summed E-state index contributed by atoms with van der Waals surface area (Å²) in [6.07, 6.45) is 7.01. The Balaban J connectivity index is 2.36. The number of nitrogens with two attached hydrogens (primary N) is 1. The fraction of sp³-hybridized carbons (Fsp3) is 0.909. The van der Waals surface area contributed by atoms with Gasteiger partial charge in [0.1, 0.15) is 0 Å². The number of aliphatic imine (C=N–C) groups is 1. The molecule has 15 heavy (non-hydrogen) atoms. The normalized spacial score (nSPS) is 21.3. The Kier molecular flexibility index (Phi) is 5.47. The van der Waals surface area contributed by atoms with Crippen molar-refractivity contribution in [3.63, 3.8) is 0 Å². The van der Waals surface area contributed by atoms with E-state index in [1.165, 1.54) is 19.3 Å². The zero-order valence-corrected chi connectivity index (χ0v) is 9.58. The highest BCUT2D eigenvalue weighted by Gasteiger charge is 2.13. The van der Waals surface area contributed by atoms with E-state index < -0.39 is 0 Å². The average Bonchev–Trinajstić information content (AvgIpc) is 2.27. The predicted octanol–water partition coefficient (Wildman–Crippen LogP) is 0.994. The van der Waals surface area contributed by atoms with E-state index in [0.29, 0.717) is 12.0 Å². The molecule has 1 fully saturated rings. The van der Waals surface area contributed by atoms with Crippen LogP contribution in [0.5, 0.6) is 0 Å². The number of hydrogen-bond donors (Lipinski definition) is 3. The maximum absolute atomic E-state index is 9.01. The minimum Gasteiger partial charge on any atom is -0.394 e. The SMILES string of the molecule is CCC(CO)NC(N)=NC1CCCCC1. The van der Waals surface area contributed by atoms with E-state index in [-0.39, 0.29) is 12.6 Å². The molecule has 1 atom stereocenters. The Hall–Kier alpha value is -0.770. The number of rotatable bonds is 4. The molecule has 1 rings (SSSR count). The minimum atomic E-state index is 0.0392. The van der Waals surface area contributed by atoms with Gasteiger partial charge >= 0.3 is 0 Å². The van der Waals surface area contributed by atoms with Crippen LogP contribution in [0.25, 0.3) is 0 Å². The summed E-state index contributed by atoms with van der Waals surface area (Å²) in [7, 11) is 0. The summed E-state index contributed by atoms with van der Waals surface area (Å²) in [6.45, 7) is 2.12. The second kappa shape index (κ2) is 6.67. The molecule has 1 aliphatic carbocycles. The number of guanidine groups is 1. The number of aliphatic hydroxyl groups is 1.